The maximum Gasteiger partial charge on any atom is 0.248 e. The van der Waals surface area contributed by atoms with E-state index < -0.39 is 10.0 Å². The van der Waals surface area contributed by atoms with Crippen molar-refractivity contribution in [3.05, 3.63) is 77.2 Å². The van der Waals surface area contributed by atoms with E-state index in [1.165, 1.54) is 4.31 Å². The second-order valence-corrected chi connectivity index (χ2v) is 10.7. The molecule has 2 heterocycles. The van der Waals surface area contributed by atoms with Crippen LogP contribution in [0.2, 0.25) is 0 Å². The van der Waals surface area contributed by atoms with Gasteiger partial charge in [0.05, 0.1) is 0 Å². The number of aromatic nitrogens is 1. The minimum Gasteiger partial charge on any atom is -0.355 e. The first kappa shape index (κ1) is 24.9. The van der Waals surface area contributed by atoms with Gasteiger partial charge in [-0.2, -0.15) is 4.31 Å². The van der Waals surface area contributed by atoms with Gasteiger partial charge < -0.3 is 9.42 Å². The Morgan fingerprint density at radius 1 is 1.06 bits per heavy atom. The van der Waals surface area contributed by atoms with Crippen molar-refractivity contribution in [2.45, 2.75) is 38.5 Å². The molecule has 0 bridgehead atoms. The summed E-state index contributed by atoms with van der Waals surface area (Å²) < 4.78 is 33.9. The van der Waals surface area contributed by atoms with E-state index in [9.17, 15) is 13.2 Å². The quantitative estimate of drug-likeness (QED) is 0.467. The van der Waals surface area contributed by atoms with Gasteiger partial charge in [0.25, 0.3) is 0 Å². The highest BCUT2D eigenvalue weighted by molar-refractivity contribution is 7.89. The monoisotopic (exact) mass is 493 g/mol. The summed E-state index contributed by atoms with van der Waals surface area (Å²) in [5, 5.41) is 3.92. The lowest BCUT2D eigenvalue weighted by Crippen LogP contribution is -2.44. The molecule has 3 aromatic rings. The lowest BCUT2D eigenvalue weighted by atomic mass is 9.96. The molecule has 0 aliphatic carbocycles. The molecule has 184 valence electrons. The summed E-state index contributed by atoms with van der Waals surface area (Å²) in [4.78, 5) is 15.0. The van der Waals surface area contributed by atoms with E-state index in [2.05, 4.69) is 5.16 Å². The van der Waals surface area contributed by atoms with Gasteiger partial charge in [0.2, 0.25) is 15.9 Å². The summed E-state index contributed by atoms with van der Waals surface area (Å²) in [7, 11) is -3.82. The number of carbonyl (C=O) groups is 1. The fourth-order valence-electron chi connectivity index (χ4n) is 4.41. The van der Waals surface area contributed by atoms with Crippen LogP contribution >= 0.6 is 0 Å². The number of sulfonamides is 1. The molecule has 0 saturated carbocycles. The summed E-state index contributed by atoms with van der Waals surface area (Å²) in [5.74, 6) is 0.0345. The highest BCUT2D eigenvalue weighted by Crippen LogP contribution is 2.30. The molecule has 35 heavy (non-hydrogen) atoms. The highest BCUT2D eigenvalue weighted by atomic mass is 32.2. The predicted octanol–water partition coefficient (Wildman–Crippen LogP) is 4.92. The molecule has 2 aromatic carbocycles. The third kappa shape index (κ3) is 5.39. The van der Waals surface area contributed by atoms with Crippen molar-refractivity contribution in [2.75, 3.05) is 24.5 Å². The van der Waals surface area contributed by atoms with E-state index in [1.807, 2.05) is 74.5 Å². The second kappa shape index (κ2) is 10.6. The van der Waals surface area contributed by atoms with E-state index in [-0.39, 0.29) is 35.6 Å². The predicted molar refractivity (Wildman–Crippen MR) is 137 cm³/mol. The second-order valence-electron chi connectivity index (χ2n) is 8.80. The molecule has 0 N–H and O–H groups in total. The molecule has 0 unspecified atom stereocenters. The summed E-state index contributed by atoms with van der Waals surface area (Å²) in [6.07, 6.45) is 4.40. The Kier molecular flexibility index (Phi) is 7.52. The van der Waals surface area contributed by atoms with Crippen molar-refractivity contribution in [3.8, 4) is 0 Å². The maximum atomic E-state index is 13.5. The molecule has 1 aliphatic heterocycles. The number of amides is 1. The molecule has 0 spiro atoms. The Bertz CT molecular complexity index is 1290. The Morgan fingerprint density at radius 2 is 1.71 bits per heavy atom. The molecule has 1 aliphatic rings. The van der Waals surface area contributed by atoms with E-state index in [4.69, 9.17) is 4.52 Å². The van der Waals surface area contributed by atoms with Crippen LogP contribution in [0, 0.1) is 19.8 Å². The Hall–Kier alpha value is -3.23. The first-order valence-corrected chi connectivity index (χ1v) is 13.3. The minimum absolute atomic E-state index is 0.0404. The SMILES string of the molecule is CCN(C(=O)C1CCN(S(=O)(=O)c2c(C)noc2/C=C/c2ccc(C)cc2)CC1)c1ccccc1. The molecular formula is C27H31N3O4S. The Morgan fingerprint density at radius 3 is 2.34 bits per heavy atom. The minimum atomic E-state index is -3.82. The summed E-state index contributed by atoms with van der Waals surface area (Å²) in [6, 6.07) is 17.5. The van der Waals surface area contributed by atoms with E-state index in [0.29, 0.717) is 25.1 Å². The molecule has 1 amide bonds. The number of hydrogen-bond donors (Lipinski definition) is 0. The molecule has 0 atom stereocenters. The average Bonchev–Trinajstić information content (AvgIpc) is 3.26. The highest BCUT2D eigenvalue weighted by Gasteiger charge is 2.37. The molecule has 1 saturated heterocycles. The Labute approximate surface area is 207 Å². The van der Waals surface area contributed by atoms with Crippen LogP contribution < -0.4 is 4.90 Å². The van der Waals surface area contributed by atoms with Crippen LogP contribution in [0.25, 0.3) is 12.2 Å². The summed E-state index contributed by atoms with van der Waals surface area (Å²) in [5.41, 5.74) is 3.27. The average molecular weight is 494 g/mol. The van der Waals surface area contributed by atoms with Crippen molar-refractivity contribution >= 4 is 33.8 Å². The molecular weight excluding hydrogens is 462 g/mol. The molecule has 0 radical (unpaired) electrons. The standard InChI is InChI=1S/C27H31N3O4S/c1-4-30(24-8-6-5-7-9-24)27(31)23-16-18-29(19-17-23)35(32,33)26-21(3)28-34-25(26)15-14-22-12-10-20(2)11-13-22/h5-15,23H,4,16-19H2,1-3H3/b15-14+. The first-order valence-electron chi connectivity index (χ1n) is 11.9. The molecule has 1 aromatic heterocycles. The number of piperidine rings is 1. The van der Waals surface area contributed by atoms with Gasteiger partial charge in [-0.05, 0) is 57.4 Å². The normalized spacial score (nSPS) is 15.5. The van der Waals surface area contributed by atoms with Crippen LogP contribution in [0.4, 0.5) is 5.69 Å². The lowest BCUT2D eigenvalue weighted by molar-refractivity contribution is -0.123. The molecule has 8 heteroatoms. The molecule has 4 rings (SSSR count). The molecule has 1 fully saturated rings. The first-order chi connectivity index (χ1) is 16.8. The van der Waals surface area contributed by atoms with Gasteiger partial charge in [-0.15, -0.1) is 0 Å². The van der Waals surface area contributed by atoms with Gasteiger partial charge >= 0.3 is 0 Å². The van der Waals surface area contributed by atoms with Crippen LogP contribution in [0.15, 0.2) is 64.0 Å². The number of anilines is 1. The van der Waals surface area contributed by atoms with Crippen LogP contribution in [-0.2, 0) is 14.8 Å². The van der Waals surface area contributed by atoms with Crippen molar-refractivity contribution in [1.29, 1.82) is 0 Å². The third-order valence-electron chi connectivity index (χ3n) is 6.39. The fraction of sp³-hybridized carbons (Fsp3) is 0.333. The van der Waals surface area contributed by atoms with Gasteiger partial charge in [-0.25, -0.2) is 8.42 Å². The van der Waals surface area contributed by atoms with E-state index in [1.54, 1.807) is 17.9 Å². The third-order valence-corrected chi connectivity index (χ3v) is 8.45. The van der Waals surface area contributed by atoms with Crippen LogP contribution in [0.5, 0.6) is 0 Å². The number of para-hydroxylation sites is 1. The Balaban J connectivity index is 1.48. The van der Waals surface area contributed by atoms with Gasteiger partial charge in [-0.1, -0.05) is 59.3 Å². The lowest BCUT2D eigenvalue weighted by Gasteiger charge is -2.33. The van der Waals surface area contributed by atoms with E-state index >= 15 is 0 Å². The fourth-order valence-corrected chi connectivity index (χ4v) is 6.13. The van der Waals surface area contributed by atoms with E-state index in [0.717, 1.165) is 16.8 Å². The van der Waals surface area contributed by atoms with Crippen LogP contribution in [0.3, 0.4) is 0 Å². The zero-order valence-corrected chi connectivity index (χ0v) is 21.2. The smallest absolute Gasteiger partial charge is 0.248 e. The number of aryl methyl sites for hydroxylation is 2. The van der Waals surface area contributed by atoms with Crippen molar-refractivity contribution in [2.24, 2.45) is 5.92 Å². The van der Waals surface area contributed by atoms with Crippen LogP contribution in [0.1, 0.15) is 42.3 Å². The van der Waals surface area contributed by atoms with Gasteiger partial charge in [-0.3, -0.25) is 4.79 Å². The van der Waals surface area contributed by atoms with Gasteiger partial charge in [0, 0.05) is 31.2 Å². The zero-order valence-electron chi connectivity index (χ0n) is 20.3. The number of benzene rings is 2. The van der Waals surface area contributed by atoms with Crippen molar-refractivity contribution < 1.29 is 17.7 Å². The number of nitrogens with zero attached hydrogens (tertiary/aromatic N) is 3. The number of rotatable bonds is 7. The summed E-state index contributed by atoms with van der Waals surface area (Å²) >= 11 is 0. The van der Waals surface area contributed by atoms with Crippen molar-refractivity contribution in [1.82, 2.24) is 9.46 Å². The van der Waals surface area contributed by atoms with Gasteiger partial charge in [0.1, 0.15) is 5.69 Å². The summed E-state index contributed by atoms with van der Waals surface area (Å²) in [6.45, 7) is 6.71. The largest absolute Gasteiger partial charge is 0.355 e. The number of carbonyl (C=O) groups excluding carboxylic acids is 1. The van der Waals surface area contributed by atoms with Crippen molar-refractivity contribution in [3.63, 3.8) is 0 Å². The topological polar surface area (TPSA) is 83.7 Å². The van der Waals surface area contributed by atoms with Gasteiger partial charge in [0.15, 0.2) is 10.7 Å². The van der Waals surface area contributed by atoms with Crippen LogP contribution in [-0.4, -0.2) is 43.4 Å². The zero-order chi connectivity index (χ0) is 25.0. The number of hydrogen-bond acceptors (Lipinski definition) is 5. The molecule has 7 nitrogen and oxygen atoms in total. The maximum absolute atomic E-state index is 13.5.